The standard InChI is InChI=1S/C7H14N2O/c1-2-9-6-5-8-3-4-10-7(1)6/h6-9H,1-5H2. The first-order valence-corrected chi connectivity index (χ1v) is 4.02. The van der Waals surface area contributed by atoms with Crippen LogP contribution >= 0.6 is 0 Å². The van der Waals surface area contributed by atoms with Gasteiger partial charge in [0.15, 0.2) is 0 Å². The number of hydrogen-bond donors (Lipinski definition) is 2. The van der Waals surface area contributed by atoms with Crippen LogP contribution in [0.25, 0.3) is 0 Å². The molecule has 0 amide bonds. The van der Waals surface area contributed by atoms with E-state index in [2.05, 4.69) is 10.6 Å². The molecule has 0 aromatic heterocycles. The average molecular weight is 142 g/mol. The maximum Gasteiger partial charge on any atom is 0.0753 e. The molecule has 2 saturated heterocycles. The highest BCUT2D eigenvalue weighted by molar-refractivity contribution is 4.87. The van der Waals surface area contributed by atoms with Gasteiger partial charge in [0, 0.05) is 19.1 Å². The van der Waals surface area contributed by atoms with Gasteiger partial charge in [0.25, 0.3) is 0 Å². The first-order chi connectivity index (χ1) is 4.97. The van der Waals surface area contributed by atoms with Gasteiger partial charge in [-0.15, -0.1) is 0 Å². The summed E-state index contributed by atoms with van der Waals surface area (Å²) in [5, 5.41) is 6.74. The molecule has 2 unspecified atom stereocenters. The van der Waals surface area contributed by atoms with Gasteiger partial charge < -0.3 is 15.4 Å². The summed E-state index contributed by atoms with van der Waals surface area (Å²) in [5.41, 5.74) is 0. The van der Waals surface area contributed by atoms with Crippen LogP contribution in [0.4, 0.5) is 0 Å². The Morgan fingerprint density at radius 3 is 3.30 bits per heavy atom. The van der Waals surface area contributed by atoms with Gasteiger partial charge in [-0.1, -0.05) is 0 Å². The molecule has 10 heavy (non-hydrogen) atoms. The third-order valence-electron chi connectivity index (χ3n) is 2.26. The summed E-state index contributed by atoms with van der Waals surface area (Å²) in [4.78, 5) is 0. The van der Waals surface area contributed by atoms with Crippen LogP contribution in [-0.2, 0) is 4.74 Å². The van der Waals surface area contributed by atoms with Gasteiger partial charge in [-0.05, 0) is 13.0 Å². The van der Waals surface area contributed by atoms with E-state index >= 15 is 0 Å². The molecule has 3 heteroatoms. The minimum atomic E-state index is 0.481. The lowest BCUT2D eigenvalue weighted by molar-refractivity contribution is 0.0634. The number of fused-ring (bicyclic) bond motifs is 1. The molecule has 3 nitrogen and oxygen atoms in total. The zero-order valence-electron chi connectivity index (χ0n) is 6.10. The van der Waals surface area contributed by atoms with Crippen LogP contribution in [0.2, 0.25) is 0 Å². The summed E-state index contributed by atoms with van der Waals surface area (Å²) in [6, 6.07) is 0.572. The van der Waals surface area contributed by atoms with Crippen molar-refractivity contribution in [3.05, 3.63) is 0 Å². The molecular formula is C7H14N2O. The van der Waals surface area contributed by atoms with Crippen LogP contribution in [0.3, 0.4) is 0 Å². The maximum absolute atomic E-state index is 5.60. The van der Waals surface area contributed by atoms with Gasteiger partial charge in [-0.3, -0.25) is 0 Å². The predicted molar refractivity (Wildman–Crippen MR) is 39.0 cm³/mol. The van der Waals surface area contributed by atoms with Gasteiger partial charge in [0.2, 0.25) is 0 Å². The normalized spacial score (nSPS) is 40.8. The Kier molecular flexibility index (Phi) is 1.88. The largest absolute Gasteiger partial charge is 0.375 e. The molecule has 2 heterocycles. The smallest absolute Gasteiger partial charge is 0.0753 e. The lowest BCUT2D eigenvalue weighted by Crippen LogP contribution is -2.38. The molecule has 2 rings (SSSR count). The van der Waals surface area contributed by atoms with Gasteiger partial charge >= 0.3 is 0 Å². The molecule has 2 fully saturated rings. The van der Waals surface area contributed by atoms with Gasteiger partial charge in [0.1, 0.15) is 0 Å². The van der Waals surface area contributed by atoms with Crippen molar-refractivity contribution in [2.24, 2.45) is 0 Å². The summed E-state index contributed by atoms with van der Waals surface area (Å²) >= 11 is 0. The topological polar surface area (TPSA) is 33.3 Å². The molecule has 0 bridgehead atoms. The van der Waals surface area contributed by atoms with Crippen LogP contribution in [0.1, 0.15) is 6.42 Å². The second kappa shape index (κ2) is 2.86. The number of rotatable bonds is 0. The molecule has 0 radical (unpaired) electrons. The van der Waals surface area contributed by atoms with Crippen molar-refractivity contribution in [3.63, 3.8) is 0 Å². The zero-order chi connectivity index (χ0) is 6.81. The van der Waals surface area contributed by atoms with E-state index in [1.165, 1.54) is 6.42 Å². The minimum Gasteiger partial charge on any atom is -0.375 e. The molecule has 0 spiro atoms. The third kappa shape index (κ3) is 1.17. The highest BCUT2D eigenvalue weighted by atomic mass is 16.5. The van der Waals surface area contributed by atoms with Crippen LogP contribution in [0, 0.1) is 0 Å². The van der Waals surface area contributed by atoms with Crippen molar-refractivity contribution in [1.29, 1.82) is 0 Å². The lowest BCUT2D eigenvalue weighted by atomic mass is 10.2. The molecule has 58 valence electrons. The summed E-state index contributed by atoms with van der Waals surface area (Å²) in [7, 11) is 0. The van der Waals surface area contributed by atoms with E-state index in [-0.39, 0.29) is 0 Å². The second-order valence-electron chi connectivity index (χ2n) is 2.96. The Labute approximate surface area is 61.1 Å². The molecule has 0 aliphatic carbocycles. The molecule has 2 aliphatic heterocycles. The lowest BCUT2D eigenvalue weighted by Gasteiger charge is -2.14. The maximum atomic E-state index is 5.60. The number of hydrogen-bond acceptors (Lipinski definition) is 3. The van der Waals surface area contributed by atoms with E-state index in [4.69, 9.17) is 4.74 Å². The van der Waals surface area contributed by atoms with Crippen molar-refractivity contribution < 1.29 is 4.74 Å². The average Bonchev–Trinajstić information content (AvgIpc) is 2.28. The van der Waals surface area contributed by atoms with Crippen LogP contribution in [-0.4, -0.2) is 38.4 Å². The van der Waals surface area contributed by atoms with E-state index in [1.54, 1.807) is 0 Å². The summed E-state index contributed by atoms with van der Waals surface area (Å²) in [5.74, 6) is 0. The monoisotopic (exact) mass is 142 g/mol. The van der Waals surface area contributed by atoms with E-state index in [1.807, 2.05) is 0 Å². The Morgan fingerprint density at radius 2 is 2.30 bits per heavy atom. The van der Waals surface area contributed by atoms with E-state index in [0.717, 1.165) is 26.2 Å². The Hall–Kier alpha value is -0.120. The predicted octanol–water partition coefficient (Wildman–Crippen LogP) is -0.663. The summed E-state index contributed by atoms with van der Waals surface area (Å²) < 4.78 is 5.60. The second-order valence-corrected chi connectivity index (χ2v) is 2.96. The van der Waals surface area contributed by atoms with Crippen LogP contribution in [0.15, 0.2) is 0 Å². The van der Waals surface area contributed by atoms with E-state index in [0.29, 0.717) is 12.1 Å². The van der Waals surface area contributed by atoms with Crippen molar-refractivity contribution in [2.45, 2.75) is 18.6 Å². The van der Waals surface area contributed by atoms with Crippen LogP contribution < -0.4 is 10.6 Å². The van der Waals surface area contributed by atoms with Crippen molar-refractivity contribution in [3.8, 4) is 0 Å². The zero-order valence-corrected chi connectivity index (χ0v) is 6.10. The van der Waals surface area contributed by atoms with Crippen molar-refractivity contribution in [2.75, 3.05) is 26.2 Å². The fourth-order valence-electron chi connectivity index (χ4n) is 1.69. The minimum absolute atomic E-state index is 0.481. The van der Waals surface area contributed by atoms with E-state index in [9.17, 15) is 0 Å². The highest BCUT2D eigenvalue weighted by Crippen LogP contribution is 2.11. The van der Waals surface area contributed by atoms with Gasteiger partial charge in [-0.25, -0.2) is 0 Å². The highest BCUT2D eigenvalue weighted by Gasteiger charge is 2.28. The fraction of sp³-hybridized carbons (Fsp3) is 1.00. The third-order valence-corrected chi connectivity index (χ3v) is 2.26. The molecule has 0 aromatic rings. The van der Waals surface area contributed by atoms with Crippen LogP contribution in [0.5, 0.6) is 0 Å². The molecule has 2 atom stereocenters. The Morgan fingerprint density at radius 1 is 1.30 bits per heavy atom. The first kappa shape index (κ1) is 6.58. The quantitative estimate of drug-likeness (QED) is 0.471. The SMILES string of the molecule is C1COC2CCNC2CN1. The van der Waals surface area contributed by atoms with Gasteiger partial charge in [0.05, 0.1) is 12.7 Å². The Balaban J connectivity index is 1.95. The Bertz CT molecular complexity index is 106. The summed E-state index contributed by atoms with van der Waals surface area (Å²) in [6.45, 7) is 4.08. The van der Waals surface area contributed by atoms with E-state index < -0.39 is 0 Å². The number of nitrogens with one attached hydrogen (secondary N) is 2. The number of ether oxygens (including phenoxy) is 1. The molecule has 2 aliphatic rings. The van der Waals surface area contributed by atoms with Crippen molar-refractivity contribution in [1.82, 2.24) is 10.6 Å². The molecule has 2 N–H and O–H groups in total. The molecular weight excluding hydrogens is 128 g/mol. The van der Waals surface area contributed by atoms with Gasteiger partial charge in [-0.2, -0.15) is 0 Å². The fourth-order valence-corrected chi connectivity index (χ4v) is 1.69. The molecule has 0 saturated carbocycles. The summed E-state index contributed by atoms with van der Waals surface area (Å²) in [6.07, 6.45) is 1.67. The first-order valence-electron chi connectivity index (χ1n) is 4.02. The van der Waals surface area contributed by atoms with Crippen molar-refractivity contribution >= 4 is 0 Å². The molecule has 0 aromatic carbocycles.